The monoisotopic (exact) mass is 435 g/mol. The molecule has 0 atom stereocenters. The molecule has 2 N–H and O–H groups in total. The lowest BCUT2D eigenvalue weighted by atomic mass is 10.2. The van der Waals surface area contributed by atoms with Gasteiger partial charge in [0, 0.05) is 43.3 Å². The zero-order valence-corrected chi connectivity index (χ0v) is 17.8. The van der Waals surface area contributed by atoms with E-state index in [9.17, 15) is 9.59 Å². The first-order chi connectivity index (χ1) is 15.6. The van der Waals surface area contributed by atoms with E-state index in [4.69, 9.17) is 9.47 Å². The number of H-pyrrole nitrogens is 1. The van der Waals surface area contributed by atoms with E-state index < -0.39 is 0 Å². The Morgan fingerprint density at radius 2 is 2.06 bits per heavy atom. The van der Waals surface area contributed by atoms with Crippen LogP contribution in [0, 0.1) is 0 Å². The maximum atomic E-state index is 12.4. The van der Waals surface area contributed by atoms with Crippen molar-refractivity contribution in [1.29, 1.82) is 0 Å². The Balaban J connectivity index is 1.57. The van der Waals surface area contributed by atoms with E-state index in [1.54, 1.807) is 30.5 Å². The third-order valence-electron chi connectivity index (χ3n) is 4.58. The summed E-state index contributed by atoms with van der Waals surface area (Å²) in [5.41, 5.74) is 1.34. The lowest BCUT2D eigenvalue weighted by Gasteiger charge is -2.10. The fraction of sp³-hybridized carbons (Fsp3) is 0.261. The van der Waals surface area contributed by atoms with Crippen LogP contribution in [0.25, 0.3) is 11.4 Å². The van der Waals surface area contributed by atoms with Gasteiger partial charge in [-0.25, -0.2) is 0 Å². The van der Waals surface area contributed by atoms with Crippen LogP contribution in [0.2, 0.25) is 0 Å². The van der Waals surface area contributed by atoms with Crippen molar-refractivity contribution in [3.63, 3.8) is 0 Å². The molecule has 0 bridgehead atoms. The molecule has 2 aromatic heterocycles. The van der Waals surface area contributed by atoms with Crippen molar-refractivity contribution in [1.82, 2.24) is 25.5 Å². The van der Waals surface area contributed by atoms with Crippen LogP contribution >= 0.6 is 0 Å². The summed E-state index contributed by atoms with van der Waals surface area (Å²) in [6.45, 7) is 4.44. The zero-order valence-electron chi connectivity index (χ0n) is 17.8. The smallest absolute Gasteiger partial charge is 0.273 e. The number of nitrogens with zero attached hydrogens (tertiary/aromatic N) is 3. The highest BCUT2D eigenvalue weighted by molar-refractivity contribution is 5.76. The number of aromatic amines is 1. The first-order valence-corrected chi connectivity index (χ1v) is 10.1. The van der Waals surface area contributed by atoms with Crippen molar-refractivity contribution in [2.45, 2.75) is 19.3 Å². The van der Waals surface area contributed by atoms with Crippen LogP contribution in [0.4, 0.5) is 0 Å². The molecule has 0 unspecified atom stereocenters. The Morgan fingerprint density at radius 3 is 2.78 bits per heavy atom. The summed E-state index contributed by atoms with van der Waals surface area (Å²) in [5.74, 6) is 1.19. The van der Waals surface area contributed by atoms with Crippen molar-refractivity contribution in [2.24, 2.45) is 0 Å². The molecule has 166 valence electrons. The van der Waals surface area contributed by atoms with Gasteiger partial charge in [0.25, 0.3) is 5.56 Å². The molecule has 0 aliphatic carbocycles. The highest BCUT2D eigenvalue weighted by Crippen LogP contribution is 2.31. The minimum Gasteiger partial charge on any atom is -0.493 e. The number of benzene rings is 1. The standard InChI is InChI=1S/C23H25N5O4/c1-3-14-32-19-9-7-16(15-20(19)31-2)22-26-23(30)18(27-28-22)8-10-21(29)25-13-11-17-6-4-5-12-24-17/h3-7,9,12,15H,1,8,10-11,13-14H2,2H3,(H,25,29)(H,26,28,30). The van der Waals surface area contributed by atoms with Crippen LogP contribution in [-0.2, 0) is 17.6 Å². The van der Waals surface area contributed by atoms with Gasteiger partial charge in [-0.05, 0) is 30.3 Å². The SMILES string of the molecule is C=CCOc1ccc(-c2nnc(CCC(=O)NCCc3ccccn3)c(=O)[nH]2)cc1OC. The summed E-state index contributed by atoms with van der Waals surface area (Å²) >= 11 is 0. The van der Waals surface area contributed by atoms with Gasteiger partial charge in [-0.1, -0.05) is 18.7 Å². The summed E-state index contributed by atoms with van der Waals surface area (Å²) < 4.78 is 10.9. The van der Waals surface area contributed by atoms with Gasteiger partial charge < -0.3 is 19.8 Å². The third kappa shape index (κ3) is 6.24. The second kappa shape index (κ2) is 11.4. The predicted molar refractivity (Wildman–Crippen MR) is 120 cm³/mol. The minimum absolute atomic E-state index is 0.141. The van der Waals surface area contributed by atoms with E-state index in [2.05, 4.69) is 32.1 Å². The van der Waals surface area contributed by atoms with Gasteiger partial charge in [0.1, 0.15) is 12.3 Å². The van der Waals surface area contributed by atoms with Gasteiger partial charge in [-0.2, -0.15) is 0 Å². The number of carbonyl (C=O) groups is 1. The molecule has 0 spiro atoms. The summed E-state index contributed by atoms with van der Waals surface area (Å²) in [6.07, 6.45) is 4.32. The minimum atomic E-state index is -0.387. The summed E-state index contributed by atoms with van der Waals surface area (Å²) in [7, 11) is 1.53. The Bertz CT molecular complexity index is 1110. The first kappa shape index (κ1) is 22.7. The van der Waals surface area contributed by atoms with Crippen LogP contribution in [-0.4, -0.2) is 46.3 Å². The number of pyridine rings is 1. The molecule has 0 radical (unpaired) electrons. The Labute approximate surface area is 185 Å². The number of methoxy groups -OCH3 is 1. The maximum Gasteiger partial charge on any atom is 0.273 e. The van der Waals surface area contributed by atoms with Crippen LogP contribution in [0.5, 0.6) is 11.5 Å². The average molecular weight is 435 g/mol. The quantitative estimate of drug-likeness (QED) is 0.443. The second-order valence-electron chi connectivity index (χ2n) is 6.84. The zero-order chi connectivity index (χ0) is 22.8. The number of aryl methyl sites for hydroxylation is 1. The van der Waals surface area contributed by atoms with Crippen LogP contribution in [0.3, 0.4) is 0 Å². The highest BCUT2D eigenvalue weighted by atomic mass is 16.5. The van der Waals surface area contributed by atoms with Crippen molar-refractivity contribution >= 4 is 5.91 Å². The second-order valence-corrected chi connectivity index (χ2v) is 6.84. The van der Waals surface area contributed by atoms with Crippen LogP contribution < -0.4 is 20.3 Å². The number of ether oxygens (including phenoxy) is 2. The van der Waals surface area contributed by atoms with Gasteiger partial charge >= 0.3 is 0 Å². The van der Waals surface area contributed by atoms with E-state index in [-0.39, 0.29) is 30.0 Å². The van der Waals surface area contributed by atoms with E-state index in [1.807, 2.05) is 18.2 Å². The van der Waals surface area contributed by atoms with E-state index >= 15 is 0 Å². The molecule has 9 nitrogen and oxygen atoms in total. The molecule has 2 heterocycles. The summed E-state index contributed by atoms with van der Waals surface area (Å²) in [5, 5.41) is 10.9. The van der Waals surface area contributed by atoms with Gasteiger partial charge in [0.15, 0.2) is 17.3 Å². The summed E-state index contributed by atoms with van der Waals surface area (Å²) in [4.78, 5) is 31.4. The molecule has 0 aliphatic rings. The first-order valence-electron chi connectivity index (χ1n) is 10.1. The van der Waals surface area contributed by atoms with Crippen molar-refractivity contribution in [3.8, 4) is 22.9 Å². The van der Waals surface area contributed by atoms with E-state index in [1.165, 1.54) is 7.11 Å². The van der Waals surface area contributed by atoms with Gasteiger partial charge in [-0.15, -0.1) is 10.2 Å². The van der Waals surface area contributed by atoms with Crippen LogP contribution in [0.1, 0.15) is 17.8 Å². The topological polar surface area (TPSA) is 119 Å². The van der Waals surface area contributed by atoms with Crippen molar-refractivity contribution < 1.29 is 14.3 Å². The Kier molecular flexibility index (Phi) is 8.08. The Morgan fingerprint density at radius 1 is 1.19 bits per heavy atom. The number of aromatic nitrogens is 4. The number of carbonyl (C=O) groups excluding carboxylic acids is 1. The molecular weight excluding hydrogens is 410 g/mol. The lowest BCUT2D eigenvalue weighted by Crippen LogP contribution is -2.27. The molecule has 0 saturated carbocycles. The number of amides is 1. The fourth-order valence-corrected chi connectivity index (χ4v) is 2.93. The highest BCUT2D eigenvalue weighted by Gasteiger charge is 2.12. The average Bonchev–Trinajstić information content (AvgIpc) is 2.82. The molecule has 3 aromatic rings. The normalized spacial score (nSPS) is 10.4. The molecule has 9 heteroatoms. The number of rotatable bonds is 11. The fourth-order valence-electron chi connectivity index (χ4n) is 2.93. The molecular formula is C23H25N5O4. The molecule has 3 rings (SSSR count). The molecule has 1 aromatic carbocycles. The number of nitrogens with one attached hydrogen (secondary N) is 2. The predicted octanol–water partition coefficient (Wildman–Crippen LogP) is 2.09. The molecule has 0 fully saturated rings. The largest absolute Gasteiger partial charge is 0.493 e. The molecule has 32 heavy (non-hydrogen) atoms. The molecule has 1 amide bonds. The van der Waals surface area contributed by atoms with Crippen LogP contribution in [0.15, 0.2) is 60.0 Å². The summed E-state index contributed by atoms with van der Waals surface area (Å²) in [6, 6.07) is 10.8. The number of hydrogen-bond donors (Lipinski definition) is 2. The van der Waals surface area contributed by atoms with Gasteiger partial charge in [0.05, 0.1) is 7.11 Å². The van der Waals surface area contributed by atoms with Gasteiger partial charge in [-0.3, -0.25) is 14.6 Å². The molecule has 0 aliphatic heterocycles. The third-order valence-corrected chi connectivity index (χ3v) is 4.58. The van der Waals surface area contributed by atoms with Crippen molar-refractivity contribution in [3.05, 3.63) is 77.0 Å². The van der Waals surface area contributed by atoms with E-state index in [0.717, 1.165) is 5.69 Å². The van der Waals surface area contributed by atoms with E-state index in [0.29, 0.717) is 42.5 Å². The molecule has 0 saturated heterocycles. The van der Waals surface area contributed by atoms with Crippen molar-refractivity contribution in [2.75, 3.05) is 20.3 Å². The lowest BCUT2D eigenvalue weighted by molar-refractivity contribution is -0.121. The number of hydrogen-bond acceptors (Lipinski definition) is 7. The maximum absolute atomic E-state index is 12.4. The Hall–Kier alpha value is -4.01. The van der Waals surface area contributed by atoms with Gasteiger partial charge in [0.2, 0.25) is 5.91 Å².